The summed E-state index contributed by atoms with van der Waals surface area (Å²) >= 11 is 1.97. The number of nitrogens with zero attached hydrogens (tertiary/aromatic N) is 3. The van der Waals surface area contributed by atoms with Gasteiger partial charge in [0.25, 0.3) is 6.71 Å². The van der Waals surface area contributed by atoms with Crippen molar-refractivity contribution in [3.05, 3.63) is 278 Å². The first kappa shape index (κ1) is 54.7. The van der Waals surface area contributed by atoms with E-state index in [1.807, 2.05) is 11.3 Å². The van der Waals surface area contributed by atoms with Crippen molar-refractivity contribution in [1.29, 1.82) is 0 Å². The number of fused-ring (bicyclic) bond motifs is 6. The van der Waals surface area contributed by atoms with Crippen LogP contribution in [0.1, 0.15) is 79.0 Å². The molecule has 0 radical (unpaired) electrons. The van der Waals surface area contributed by atoms with Crippen molar-refractivity contribution in [1.82, 2.24) is 0 Å². The molecule has 14 aromatic rings. The summed E-state index contributed by atoms with van der Waals surface area (Å²) in [7, 11) is 0. The fraction of sp³-hybridized carbons (Fsp3) is 0.143. The molecule has 3 nitrogen and oxygen atoms in total. The Morgan fingerprint density at radius 2 is 0.876 bits per heavy atom. The molecule has 1 aromatic heterocycles. The van der Waals surface area contributed by atoms with Gasteiger partial charge in [-0.25, -0.2) is 0 Å². The molecule has 0 atom stereocenters. The normalized spacial score (nSPS) is 13.2. The van der Waals surface area contributed by atoms with Crippen LogP contribution in [0.15, 0.2) is 261 Å². The van der Waals surface area contributed by atoms with Gasteiger partial charge in [0.2, 0.25) is 0 Å². The summed E-state index contributed by atoms with van der Waals surface area (Å²) < 4.78 is 2.63. The van der Waals surface area contributed by atoms with Crippen molar-refractivity contribution >= 4 is 127 Å². The molecule has 2 aliphatic rings. The maximum absolute atomic E-state index is 2.67. The van der Waals surface area contributed by atoms with E-state index in [-0.39, 0.29) is 23.0 Å². The van der Waals surface area contributed by atoms with E-state index in [0.29, 0.717) is 0 Å². The lowest BCUT2D eigenvalue weighted by Crippen LogP contribution is -2.60. The van der Waals surface area contributed by atoms with E-state index in [1.165, 1.54) is 125 Å². The highest BCUT2D eigenvalue weighted by molar-refractivity contribution is 7.33. The number of thiophene rings is 1. The van der Waals surface area contributed by atoms with Crippen LogP contribution >= 0.6 is 11.3 Å². The maximum Gasteiger partial charge on any atom is 0.264 e. The number of benzene rings is 13. The Morgan fingerprint density at radius 3 is 1.54 bits per heavy atom. The van der Waals surface area contributed by atoms with Crippen molar-refractivity contribution in [2.75, 3.05) is 14.7 Å². The summed E-state index contributed by atoms with van der Waals surface area (Å²) in [6.45, 7) is 20.9. The lowest BCUT2D eigenvalue weighted by atomic mass is 9.36. The molecule has 0 bridgehead atoms. The topological polar surface area (TPSA) is 9.72 Å². The maximum atomic E-state index is 2.67. The van der Waals surface area contributed by atoms with Crippen LogP contribution in [0.25, 0.3) is 75.8 Å². The lowest BCUT2D eigenvalue weighted by Gasteiger charge is -2.44. The van der Waals surface area contributed by atoms with Crippen LogP contribution in [-0.4, -0.2) is 6.71 Å². The molecule has 89 heavy (non-hydrogen) atoms. The number of hydrogen-bond acceptors (Lipinski definition) is 4. The Balaban J connectivity index is 1.06. The molecule has 0 spiro atoms. The molecular formula is C84H70BN3S. The van der Waals surface area contributed by atoms with Gasteiger partial charge in [-0.05, 0) is 189 Å². The molecule has 430 valence electrons. The molecule has 0 fully saturated rings. The Kier molecular flexibility index (Phi) is 12.6. The van der Waals surface area contributed by atoms with Gasteiger partial charge in [-0.15, -0.1) is 11.3 Å². The number of anilines is 9. The summed E-state index contributed by atoms with van der Waals surface area (Å²) in [4.78, 5) is 7.79. The zero-order chi connectivity index (χ0) is 60.7. The predicted octanol–water partition coefficient (Wildman–Crippen LogP) is 22.2. The molecule has 0 N–H and O–H groups in total. The molecule has 2 aliphatic heterocycles. The van der Waals surface area contributed by atoms with Crippen molar-refractivity contribution in [2.24, 2.45) is 0 Å². The Bertz CT molecular complexity index is 5030. The minimum absolute atomic E-state index is 0.0319. The van der Waals surface area contributed by atoms with Crippen molar-refractivity contribution in [3.63, 3.8) is 0 Å². The van der Waals surface area contributed by atoms with Crippen LogP contribution in [0.2, 0.25) is 0 Å². The highest BCUT2D eigenvalue weighted by Crippen LogP contribution is 2.54. The number of para-hydroxylation sites is 2. The van der Waals surface area contributed by atoms with Crippen LogP contribution in [0, 0.1) is 0 Å². The van der Waals surface area contributed by atoms with Crippen LogP contribution in [0.4, 0.5) is 51.2 Å². The highest BCUT2D eigenvalue weighted by Gasteiger charge is 2.47. The van der Waals surface area contributed by atoms with Gasteiger partial charge >= 0.3 is 0 Å². The van der Waals surface area contributed by atoms with Crippen LogP contribution in [0.5, 0.6) is 0 Å². The van der Waals surface area contributed by atoms with Gasteiger partial charge in [0, 0.05) is 54.6 Å². The van der Waals surface area contributed by atoms with Gasteiger partial charge in [-0.1, -0.05) is 238 Å². The average Bonchev–Trinajstić information content (AvgIpc) is 1.69. The van der Waals surface area contributed by atoms with Gasteiger partial charge in [0.15, 0.2) is 0 Å². The van der Waals surface area contributed by atoms with E-state index in [9.17, 15) is 0 Å². The van der Waals surface area contributed by atoms with E-state index in [1.54, 1.807) is 0 Å². The first-order valence-electron chi connectivity index (χ1n) is 31.5. The largest absolute Gasteiger partial charge is 0.311 e. The molecule has 13 aromatic carbocycles. The summed E-state index contributed by atoms with van der Waals surface area (Å²) in [6, 6.07) is 99.3. The second-order valence-corrected chi connectivity index (χ2v) is 28.8. The number of hydrogen-bond donors (Lipinski definition) is 0. The second kappa shape index (κ2) is 20.5. The third-order valence-corrected chi connectivity index (χ3v) is 20.2. The molecular weight excluding hydrogens is 1090 g/mol. The number of rotatable bonds is 8. The van der Waals surface area contributed by atoms with Crippen LogP contribution in [0.3, 0.4) is 0 Å². The molecule has 3 heterocycles. The monoisotopic (exact) mass is 1160 g/mol. The highest BCUT2D eigenvalue weighted by atomic mass is 32.1. The van der Waals surface area contributed by atoms with Crippen molar-refractivity contribution in [3.8, 4) is 33.4 Å². The summed E-state index contributed by atoms with van der Waals surface area (Å²) in [5.41, 5.74) is 23.7. The van der Waals surface area contributed by atoms with Crippen LogP contribution < -0.4 is 30.4 Å². The quantitative estimate of drug-likeness (QED) is 0.111. The fourth-order valence-electron chi connectivity index (χ4n) is 14.4. The SMILES string of the molecule is CC(C)(C)c1ccc(N2c3cc(N(c4ccccc4)c4ccccc4)cc4c3B(c3cc(-c5cccc(-c6ccccc6)c5)ccc3N4c3ccc(C(C)(C)C)cc3-c3ccc4ccc5cccc6ccc3c4c56)c3sc4ccc(C(C)(C)C)cc4c32)cc1. The fourth-order valence-corrected chi connectivity index (χ4v) is 15.7. The summed E-state index contributed by atoms with van der Waals surface area (Å²) in [5.74, 6) is 0. The van der Waals surface area contributed by atoms with E-state index in [4.69, 9.17) is 0 Å². The van der Waals surface area contributed by atoms with Crippen molar-refractivity contribution in [2.45, 2.75) is 78.6 Å². The molecule has 0 unspecified atom stereocenters. The molecule has 0 saturated carbocycles. The van der Waals surface area contributed by atoms with E-state index < -0.39 is 0 Å². The Labute approximate surface area is 528 Å². The summed E-state index contributed by atoms with van der Waals surface area (Å²) in [6.07, 6.45) is 0. The second-order valence-electron chi connectivity index (χ2n) is 27.8. The van der Waals surface area contributed by atoms with Gasteiger partial charge in [-0.3, -0.25) is 0 Å². The minimum atomic E-state index is -0.137. The molecule has 0 amide bonds. The predicted molar refractivity (Wildman–Crippen MR) is 387 cm³/mol. The zero-order valence-corrected chi connectivity index (χ0v) is 53.0. The van der Waals surface area contributed by atoms with Crippen LogP contribution in [-0.2, 0) is 16.2 Å². The first-order valence-corrected chi connectivity index (χ1v) is 32.3. The smallest absolute Gasteiger partial charge is 0.264 e. The van der Waals surface area contributed by atoms with E-state index >= 15 is 0 Å². The van der Waals surface area contributed by atoms with Gasteiger partial charge in [-0.2, -0.15) is 0 Å². The van der Waals surface area contributed by atoms with Gasteiger partial charge in [0.05, 0.1) is 17.1 Å². The summed E-state index contributed by atoms with van der Waals surface area (Å²) in [5, 5.41) is 8.95. The standard InChI is InChI=1S/C84H70BN3S/c1-82(2,3)60-36-40-65(41-37-60)87-74-51-66(86(63-27-15-11-16-28-63)64-29-17-12-18-30-64)52-75-79(74)85(81-80(87)70-50-62(84(7,8)9)39-46-76(70)89-81)71-48-59(58-26-20-25-57(47-58)53-21-13-10-14-22-53)35-44-73(71)88(75)72-45-38-61(83(4,5)6)49-69(72)67-42-33-56-32-31-54-23-19-24-55-34-43-68(67)78(56)77(54)55/h10-52H,1-9H3. The van der Waals surface area contributed by atoms with E-state index in [2.05, 4.69) is 338 Å². The third-order valence-electron chi connectivity index (χ3n) is 19.0. The Morgan fingerprint density at radius 1 is 0.348 bits per heavy atom. The lowest BCUT2D eigenvalue weighted by molar-refractivity contribution is 0.590. The zero-order valence-electron chi connectivity index (χ0n) is 52.2. The molecule has 16 rings (SSSR count). The molecule has 5 heteroatoms. The van der Waals surface area contributed by atoms with E-state index in [0.717, 1.165) is 34.1 Å². The van der Waals surface area contributed by atoms with Gasteiger partial charge in [0.1, 0.15) is 0 Å². The molecule has 0 aliphatic carbocycles. The third kappa shape index (κ3) is 9.07. The first-order chi connectivity index (χ1) is 43.0. The minimum Gasteiger partial charge on any atom is -0.311 e. The van der Waals surface area contributed by atoms with Gasteiger partial charge < -0.3 is 14.7 Å². The van der Waals surface area contributed by atoms with Crippen molar-refractivity contribution < 1.29 is 0 Å². The molecule has 0 saturated heterocycles. The average molecular weight is 1160 g/mol. The Hall–Kier alpha value is -9.68.